The molecule has 0 aliphatic carbocycles. The second-order valence-corrected chi connectivity index (χ2v) is 4.83. The fourth-order valence-corrected chi connectivity index (χ4v) is 2.36. The average molecular weight is 221 g/mol. The van der Waals surface area contributed by atoms with Crippen molar-refractivity contribution < 1.29 is 1.43 Å². The van der Waals surface area contributed by atoms with Gasteiger partial charge in [-0.05, 0) is 43.7 Å². The van der Waals surface area contributed by atoms with E-state index in [1.165, 1.54) is 29.5 Å². The van der Waals surface area contributed by atoms with E-state index in [4.69, 9.17) is 5.73 Å². The molecule has 0 amide bonds. The summed E-state index contributed by atoms with van der Waals surface area (Å²) in [6.45, 7) is 8.77. The topological polar surface area (TPSA) is 26.0 Å². The average Bonchev–Trinajstić information content (AvgIpc) is 2.28. The van der Waals surface area contributed by atoms with Crippen LogP contribution in [0.15, 0.2) is 18.2 Å². The molecular weight excluding hydrogens is 194 g/mol. The Morgan fingerprint density at radius 2 is 1.94 bits per heavy atom. The van der Waals surface area contributed by atoms with Gasteiger partial charge in [0, 0.05) is 7.47 Å². The molecule has 1 nitrogen and oxygen atoms in total. The number of aryl methyl sites for hydroxylation is 2. The summed E-state index contributed by atoms with van der Waals surface area (Å²) in [5, 5.41) is 0. The Morgan fingerprint density at radius 1 is 1.25 bits per heavy atom. The molecule has 1 rings (SSSR count). The third-order valence-corrected chi connectivity index (χ3v) is 3.42. The molecule has 0 radical (unpaired) electrons. The van der Waals surface area contributed by atoms with Crippen LogP contribution in [0.2, 0.25) is 0 Å². The summed E-state index contributed by atoms with van der Waals surface area (Å²) < 4.78 is 0. The standard InChI is InChI=1S/C15H25N.H2/c1-5-7-13(15(16)6-2)14-10-11(3)8-9-12(14)4;/h8-10,13,15H,5-7,16H2,1-4H3;1H/t13-,15+;/m0./s1. The normalized spacial score (nSPS) is 14.8. The molecule has 0 aliphatic rings. The second kappa shape index (κ2) is 6.05. The highest BCUT2D eigenvalue weighted by Gasteiger charge is 2.19. The minimum absolute atomic E-state index is 0. The van der Waals surface area contributed by atoms with Gasteiger partial charge in [0.1, 0.15) is 0 Å². The Morgan fingerprint density at radius 3 is 2.50 bits per heavy atom. The molecule has 0 spiro atoms. The SMILES string of the molecule is CCC[C@@H](c1cc(C)ccc1C)[C@H](N)CC.[HH]. The first-order valence-electron chi connectivity index (χ1n) is 6.42. The lowest BCUT2D eigenvalue weighted by molar-refractivity contribution is 0.481. The van der Waals surface area contributed by atoms with E-state index in [0.29, 0.717) is 12.0 Å². The highest BCUT2D eigenvalue weighted by Crippen LogP contribution is 2.28. The summed E-state index contributed by atoms with van der Waals surface area (Å²) in [5.74, 6) is 0.523. The maximum Gasteiger partial charge on any atom is 0.0105 e. The van der Waals surface area contributed by atoms with E-state index >= 15 is 0 Å². The zero-order chi connectivity index (χ0) is 12.1. The first-order valence-corrected chi connectivity index (χ1v) is 6.42. The molecule has 16 heavy (non-hydrogen) atoms. The molecule has 2 N–H and O–H groups in total. The van der Waals surface area contributed by atoms with E-state index in [1.807, 2.05) is 0 Å². The maximum absolute atomic E-state index is 6.25. The minimum atomic E-state index is 0. The number of hydrogen-bond acceptors (Lipinski definition) is 1. The summed E-state index contributed by atoms with van der Waals surface area (Å²) in [6.07, 6.45) is 3.45. The molecule has 1 aromatic carbocycles. The van der Waals surface area contributed by atoms with Crippen molar-refractivity contribution in [3.05, 3.63) is 34.9 Å². The summed E-state index contributed by atoms with van der Waals surface area (Å²) in [7, 11) is 0. The Bertz CT molecular complexity index is 336. The van der Waals surface area contributed by atoms with Gasteiger partial charge in [-0.2, -0.15) is 0 Å². The molecule has 1 aromatic rings. The summed E-state index contributed by atoms with van der Waals surface area (Å²) in [5.41, 5.74) is 10.4. The van der Waals surface area contributed by atoms with E-state index in [9.17, 15) is 0 Å². The van der Waals surface area contributed by atoms with Gasteiger partial charge in [-0.25, -0.2) is 0 Å². The van der Waals surface area contributed by atoms with E-state index in [0.717, 1.165) is 6.42 Å². The lowest BCUT2D eigenvalue weighted by atomic mass is 9.84. The third-order valence-electron chi connectivity index (χ3n) is 3.42. The molecule has 0 heterocycles. The lowest BCUT2D eigenvalue weighted by Crippen LogP contribution is -2.28. The van der Waals surface area contributed by atoms with Gasteiger partial charge < -0.3 is 5.73 Å². The zero-order valence-electron chi connectivity index (χ0n) is 11.1. The van der Waals surface area contributed by atoms with Crippen LogP contribution in [0.4, 0.5) is 0 Å². The van der Waals surface area contributed by atoms with Crippen LogP contribution in [-0.2, 0) is 0 Å². The van der Waals surface area contributed by atoms with Crippen molar-refractivity contribution in [2.45, 2.75) is 58.9 Å². The molecule has 1 heteroatoms. The first-order chi connectivity index (χ1) is 7.60. The number of nitrogens with two attached hydrogens (primary N) is 1. The van der Waals surface area contributed by atoms with E-state index in [-0.39, 0.29) is 1.43 Å². The van der Waals surface area contributed by atoms with Crippen molar-refractivity contribution in [1.29, 1.82) is 0 Å². The van der Waals surface area contributed by atoms with Crippen LogP contribution in [0.1, 0.15) is 57.1 Å². The maximum atomic E-state index is 6.25. The quantitative estimate of drug-likeness (QED) is 0.793. The number of benzene rings is 1. The summed E-state index contributed by atoms with van der Waals surface area (Å²) in [6, 6.07) is 7.00. The van der Waals surface area contributed by atoms with Crippen LogP contribution in [-0.4, -0.2) is 6.04 Å². The molecule has 0 unspecified atom stereocenters. The fourth-order valence-electron chi connectivity index (χ4n) is 2.36. The van der Waals surface area contributed by atoms with E-state index in [2.05, 4.69) is 45.9 Å². The van der Waals surface area contributed by atoms with Crippen molar-refractivity contribution in [3.63, 3.8) is 0 Å². The molecular formula is C15H27N. The van der Waals surface area contributed by atoms with Crippen LogP contribution in [0.5, 0.6) is 0 Å². The van der Waals surface area contributed by atoms with Crippen molar-refractivity contribution in [3.8, 4) is 0 Å². The molecule has 0 fully saturated rings. The van der Waals surface area contributed by atoms with Crippen LogP contribution in [0, 0.1) is 13.8 Å². The number of rotatable bonds is 5. The minimum Gasteiger partial charge on any atom is -0.327 e. The van der Waals surface area contributed by atoms with Crippen molar-refractivity contribution in [1.82, 2.24) is 0 Å². The van der Waals surface area contributed by atoms with Crippen molar-refractivity contribution in [2.24, 2.45) is 5.73 Å². The van der Waals surface area contributed by atoms with Crippen LogP contribution >= 0.6 is 0 Å². The Hall–Kier alpha value is -0.820. The molecule has 0 aromatic heterocycles. The smallest absolute Gasteiger partial charge is 0.0105 e. The van der Waals surface area contributed by atoms with Gasteiger partial charge in [0.2, 0.25) is 0 Å². The molecule has 0 saturated carbocycles. The number of hydrogen-bond donors (Lipinski definition) is 1. The van der Waals surface area contributed by atoms with Gasteiger partial charge >= 0.3 is 0 Å². The predicted octanol–water partition coefficient (Wildman–Crippen LogP) is 4.17. The van der Waals surface area contributed by atoms with Gasteiger partial charge in [0.15, 0.2) is 0 Å². The molecule has 0 bridgehead atoms. The van der Waals surface area contributed by atoms with Gasteiger partial charge in [-0.1, -0.05) is 44.0 Å². The molecule has 0 saturated heterocycles. The highest BCUT2D eigenvalue weighted by molar-refractivity contribution is 5.34. The van der Waals surface area contributed by atoms with Crippen LogP contribution in [0.3, 0.4) is 0 Å². The third kappa shape index (κ3) is 3.08. The van der Waals surface area contributed by atoms with E-state index in [1.54, 1.807) is 0 Å². The van der Waals surface area contributed by atoms with Gasteiger partial charge in [0.05, 0.1) is 0 Å². The summed E-state index contributed by atoms with van der Waals surface area (Å²) in [4.78, 5) is 0. The van der Waals surface area contributed by atoms with Gasteiger partial charge in [-0.15, -0.1) is 0 Å². The molecule has 2 atom stereocenters. The van der Waals surface area contributed by atoms with Gasteiger partial charge in [-0.3, -0.25) is 0 Å². The van der Waals surface area contributed by atoms with Gasteiger partial charge in [0.25, 0.3) is 0 Å². The van der Waals surface area contributed by atoms with Crippen LogP contribution in [0.25, 0.3) is 0 Å². The first kappa shape index (κ1) is 13.2. The molecule has 92 valence electrons. The Labute approximate surface area is 102 Å². The second-order valence-electron chi connectivity index (χ2n) is 4.83. The highest BCUT2D eigenvalue weighted by atomic mass is 14.6. The van der Waals surface area contributed by atoms with Crippen molar-refractivity contribution in [2.75, 3.05) is 0 Å². The fraction of sp³-hybridized carbons (Fsp3) is 0.600. The van der Waals surface area contributed by atoms with Crippen molar-refractivity contribution >= 4 is 0 Å². The van der Waals surface area contributed by atoms with E-state index < -0.39 is 0 Å². The Kier molecular flexibility index (Phi) is 5.01. The predicted molar refractivity (Wildman–Crippen MR) is 73.9 cm³/mol. The lowest BCUT2D eigenvalue weighted by Gasteiger charge is -2.25. The summed E-state index contributed by atoms with van der Waals surface area (Å²) >= 11 is 0. The zero-order valence-corrected chi connectivity index (χ0v) is 11.1. The Balaban J connectivity index is 0.00000256. The molecule has 0 aliphatic heterocycles. The monoisotopic (exact) mass is 221 g/mol. The largest absolute Gasteiger partial charge is 0.327 e. The van der Waals surface area contributed by atoms with Crippen LogP contribution < -0.4 is 5.73 Å².